The molecule has 1 N–H and O–H groups in total. The number of hydrogen-bond donors (Lipinski definition) is 1. The minimum Gasteiger partial charge on any atom is -0.378 e. The van der Waals surface area contributed by atoms with Crippen molar-refractivity contribution in [3.8, 4) is 0 Å². The van der Waals surface area contributed by atoms with Crippen LogP contribution in [0.2, 0.25) is 0 Å². The Bertz CT molecular complexity index is 297. The van der Waals surface area contributed by atoms with E-state index in [2.05, 4.69) is 22.6 Å². The topological polar surface area (TPSA) is 34.1 Å². The molecule has 15 heavy (non-hydrogen) atoms. The highest BCUT2D eigenvalue weighted by atomic mass is 32.2. The minimum atomic E-state index is 0.301. The molecule has 5 heteroatoms. The average molecular weight is 244 g/mol. The second kappa shape index (κ2) is 5.84. The Morgan fingerprint density at radius 3 is 3.40 bits per heavy atom. The van der Waals surface area contributed by atoms with Crippen molar-refractivity contribution in [3.05, 3.63) is 16.1 Å². The van der Waals surface area contributed by atoms with Crippen molar-refractivity contribution in [2.24, 2.45) is 0 Å². The molecular weight excluding hydrogens is 228 g/mol. The Kier molecular flexibility index (Phi) is 4.43. The zero-order valence-electron chi connectivity index (χ0n) is 8.86. The van der Waals surface area contributed by atoms with Gasteiger partial charge >= 0.3 is 0 Å². The van der Waals surface area contributed by atoms with E-state index in [0.29, 0.717) is 6.04 Å². The maximum absolute atomic E-state index is 5.42. The van der Waals surface area contributed by atoms with Crippen molar-refractivity contribution in [1.82, 2.24) is 10.3 Å². The molecule has 0 bridgehead atoms. The molecule has 1 unspecified atom stereocenters. The van der Waals surface area contributed by atoms with Crippen LogP contribution in [-0.2, 0) is 10.5 Å². The molecule has 0 spiro atoms. The van der Waals surface area contributed by atoms with Gasteiger partial charge in [-0.2, -0.15) is 11.8 Å². The Labute approximate surface area is 98.6 Å². The number of hydrogen-bond acceptors (Lipinski definition) is 5. The molecule has 1 fully saturated rings. The molecule has 3 nitrogen and oxygen atoms in total. The molecule has 2 heterocycles. The Morgan fingerprint density at radius 2 is 2.67 bits per heavy atom. The summed E-state index contributed by atoms with van der Waals surface area (Å²) in [7, 11) is 0. The summed E-state index contributed by atoms with van der Waals surface area (Å²) in [5.41, 5.74) is 1.14. The summed E-state index contributed by atoms with van der Waals surface area (Å²) >= 11 is 3.67. The van der Waals surface area contributed by atoms with Crippen molar-refractivity contribution in [2.45, 2.75) is 18.7 Å². The first kappa shape index (κ1) is 11.4. The van der Waals surface area contributed by atoms with Gasteiger partial charge < -0.3 is 10.1 Å². The molecule has 1 aromatic rings. The van der Waals surface area contributed by atoms with Crippen LogP contribution in [0.1, 0.15) is 23.7 Å². The minimum absolute atomic E-state index is 0.301. The standard InChI is InChI=1S/C10H16N2OS2/c1-2-14-7-10-12-9(6-15-10)8-5-13-4-3-11-8/h6,8,11H,2-5,7H2,1H3. The fourth-order valence-corrected chi connectivity index (χ4v) is 3.09. The third-order valence-electron chi connectivity index (χ3n) is 2.28. The Morgan fingerprint density at radius 1 is 1.73 bits per heavy atom. The zero-order valence-corrected chi connectivity index (χ0v) is 10.5. The molecule has 1 aliphatic rings. The average Bonchev–Trinajstić information content (AvgIpc) is 2.76. The lowest BCUT2D eigenvalue weighted by molar-refractivity contribution is 0.0758. The molecular formula is C10H16N2OS2. The van der Waals surface area contributed by atoms with E-state index in [9.17, 15) is 0 Å². The number of thiazole rings is 1. The predicted molar refractivity (Wildman–Crippen MR) is 65.5 cm³/mol. The van der Waals surface area contributed by atoms with E-state index in [-0.39, 0.29) is 0 Å². The quantitative estimate of drug-likeness (QED) is 0.879. The van der Waals surface area contributed by atoms with Crippen LogP contribution in [0.15, 0.2) is 5.38 Å². The first-order valence-corrected chi connectivity index (χ1v) is 7.26. The fourth-order valence-electron chi connectivity index (χ4n) is 1.50. The van der Waals surface area contributed by atoms with Crippen LogP contribution in [-0.4, -0.2) is 30.5 Å². The number of ether oxygens (including phenoxy) is 1. The van der Waals surface area contributed by atoms with Crippen LogP contribution in [0.5, 0.6) is 0 Å². The molecule has 84 valence electrons. The van der Waals surface area contributed by atoms with E-state index >= 15 is 0 Å². The third kappa shape index (κ3) is 3.17. The molecule has 2 rings (SSSR count). The van der Waals surface area contributed by atoms with Crippen molar-refractivity contribution < 1.29 is 4.74 Å². The van der Waals surface area contributed by atoms with Gasteiger partial charge in [0.05, 0.1) is 24.9 Å². The third-order valence-corrected chi connectivity index (χ3v) is 4.21. The number of rotatable bonds is 4. The highest BCUT2D eigenvalue weighted by Crippen LogP contribution is 2.21. The van der Waals surface area contributed by atoms with Gasteiger partial charge in [-0.1, -0.05) is 6.92 Å². The van der Waals surface area contributed by atoms with Crippen LogP contribution in [0.4, 0.5) is 0 Å². The molecule has 1 atom stereocenters. The van der Waals surface area contributed by atoms with Crippen LogP contribution < -0.4 is 5.32 Å². The summed E-state index contributed by atoms with van der Waals surface area (Å²) < 4.78 is 5.42. The smallest absolute Gasteiger partial charge is 0.103 e. The van der Waals surface area contributed by atoms with Gasteiger partial charge in [0.15, 0.2) is 0 Å². The number of nitrogens with zero attached hydrogens (tertiary/aromatic N) is 1. The van der Waals surface area contributed by atoms with Crippen molar-refractivity contribution >= 4 is 23.1 Å². The number of aromatic nitrogens is 1. The zero-order chi connectivity index (χ0) is 10.5. The second-order valence-corrected chi connectivity index (χ2v) is 5.60. The van der Waals surface area contributed by atoms with Gasteiger partial charge in [0.1, 0.15) is 5.01 Å². The van der Waals surface area contributed by atoms with E-state index in [1.165, 1.54) is 5.01 Å². The fraction of sp³-hybridized carbons (Fsp3) is 0.700. The second-order valence-electron chi connectivity index (χ2n) is 3.38. The molecule has 0 saturated carbocycles. The summed E-state index contributed by atoms with van der Waals surface area (Å²) in [6, 6.07) is 0.301. The van der Waals surface area contributed by atoms with Gasteiger partial charge in [-0.05, 0) is 5.75 Å². The number of morpholine rings is 1. The van der Waals surface area contributed by atoms with Gasteiger partial charge in [0.25, 0.3) is 0 Å². The van der Waals surface area contributed by atoms with E-state index in [1.54, 1.807) is 11.3 Å². The lowest BCUT2D eigenvalue weighted by Gasteiger charge is -2.21. The number of nitrogens with one attached hydrogen (secondary N) is 1. The maximum atomic E-state index is 5.42. The Balaban J connectivity index is 1.93. The maximum Gasteiger partial charge on any atom is 0.103 e. The molecule has 1 saturated heterocycles. The van der Waals surface area contributed by atoms with Crippen molar-refractivity contribution in [2.75, 3.05) is 25.5 Å². The molecule has 0 radical (unpaired) electrons. The normalized spacial score (nSPS) is 21.8. The van der Waals surface area contributed by atoms with E-state index in [0.717, 1.165) is 37.0 Å². The molecule has 0 aromatic carbocycles. The van der Waals surface area contributed by atoms with Gasteiger partial charge in [-0.15, -0.1) is 11.3 Å². The molecule has 1 aliphatic heterocycles. The molecule has 1 aromatic heterocycles. The monoisotopic (exact) mass is 244 g/mol. The van der Waals surface area contributed by atoms with Gasteiger partial charge in [0.2, 0.25) is 0 Å². The summed E-state index contributed by atoms with van der Waals surface area (Å²) in [5, 5.41) is 6.79. The first-order valence-electron chi connectivity index (χ1n) is 5.23. The van der Waals surface area contributed by atoms with E-state index < -0.39 is 0 Å². The predicted octanol–water partition coefficient (Wildman–Crippen LogP) is 2.06. The van der Waals surface area contributed by atoms with Crippen molar-refractivity contribution in [3.63, 3.8) is 0 Å². The van der Waals surface area contributed by atoms with Crippen LogP contribution in [0.25, 0.3) is 0 Å². The van der Waals surface area contributed by atoms with E-state index in [4.69, 9.17) is 4.74 Å². The summed E-state index contributed by atoms with van der Waals surface area (Å²) in [4.78, 5) is 4.63. The lowest BCUT2D eigenvalue weighted by Crippen LogP contribution is -2.34. The number of thioether (sulfide) groups is 1. The van der Waals surface area contributed by atoms with Gasteiger partial charge in [0, 0.05) is 17.7 Å². The van der Waals surface area contributed by atoms with E-state index in [1.807, 2.05) is 11.8 Å². The summed E-state index contributed by atoms with van der Waals surface area (Å²) in [6.07, 6.45) is 0. The Hall–Kier alpha value is -0.100. The summed E-state index contributed by atoms with van der Waals surface area (Å²) in [5.74, 6) is 2.19. The largest absolute Gasteiger partial charge is 0.378 e. The summed E-state index contributed by atoms with van der Waals surface area (Å²) in [6.45, 7) is 4.68. The molecule has 0 amide bonds. The van der Waals surface area contributed by atoms with Crippen LogP contribution in [0, 0.1) is 0 Å². The highest BCUT2D eigenvalue weighted by molar-refractivity contribution is 7.98. The molecule has 0 aliphatic carbocycles. The lowest BCUT2D eigenvalue weighted by atomic mass is 10.2. The van der Waals surface area contributed by atoms with Gasteiger partial charge in [-0.3, -0.25) is 0 Å². The van der Waals surface area contributed by atoms with Crippen molar-refractivity contribution in [1.29, 1.82) is 0 Å². The first-order chi connectivity index (χ1) is 7.40. The SMILES string of the molecule is CCSCc1nc(C2COCCN2)cs1. The van der Waals surface area contributed by atoms with Crippen LogP contribution >= 0.6 is 23.1 Å². The van der Waals surface area contributed by atoms with Crippen LogP contribution in [0.3, 0.4) is 0 Å². The highest BCUT2D eigenvalue weighted by Gasteiger charge is 2.17. The van der Waals surface area contributed by atoms with Gasteiger partial charge in [-0.25, -0.2) is 4.98 Å².